The van der Waals surface area contributed by atoms with Crippen molar-refractivity contribution in [2.45, 2.75) is 19.4 Å². The molecule has 1 aliphatic rings. The van der Waals surface area contributed by atoms with Gasteiger partial charge in [0.05, 0.1) is 19.3 Å². The number of methoxy groups -OCH3 is 1. The SMILES string of the molecule is COc1ccc(-c2csc(CN3CCN(C(=O)CCc4ccccc4)CC3)n2)cc1.Cl. The standard InChI is InChI=1S/C24H27N3O2S.ClH/c1-29-21-10-8-20(9-11-21)22-18-30-23(25-22)17-26-13-15-27(16-14-26)24(28)12-7-19-5-3-2-4-6-19;/h2-6,8-11,18H,7,12-17H2,1H3;1H. The first-order valence-corrected chi connectivity index (χ1v) is 11.2. The van der Waals surface area contributed by atoms with Crippen LogP contribution in [0.5, 0.6) is 5.75 Å². The van der Waals surface area contributed by atoms with Gasteiger partial charge in [-0.2, -0.15) is 0 Å². The van der Waals surface area contributed by atoms with E-state index < -0.39 is 0 Å². The van der Waals surface area contributed by atoms with Crippen molar-refractivity contribution in [2.24, 2.45) is 0 Å². The molecule has 5 nitrogen and oxygen atoms in total. The number of halogens is 1. The van der Waals surface area contributed by atoms with Gasteiger partial charge in [0.25, 0.3) is 0 Å². The Balaban J connectivity index is 0.00000272. The lowest BCUT2D eigenvalue weighted by molar-refractivity contribution is -0.133. The third kappa shape index (κ3) is 6.29. The van der Waals surface area contributed by atoms with Crippen LogP contribution < -0.4 is 4.74 Å². The van der Waals surface area contributed by atoms with Crippen LogP contribution in [0.25, 0.3) is 11.3 Å². The number of aryl methyl sites for hydroxylation is 1. The number of carbonyl (C=O) groups excluding carboxylic acids is 1. The fourth-order valence-electron chi connectivity index (χ4n) is 3.68. The van der Waals surface area contributed by atoms with Gasteiger partial charge in [-0.1, -0.05) is 30.3 Å². The fourth-order valence-corrected chi connectivity index (χ4v) is 4.52. The number of carbonyl (C=O) groups is 1. The second kappa shape index (κ2) is 11.3. The van der Waals surface area contributed by atoms with Crippen molar-refractivity contribution < 1.29 is 9.53 Å². The number of hydrogen-bond acceptors (Lipinski definition) is 5. The fraction of sp³-hybridized carbons (Fsp3) is 0.333. The summed E-state index contributed by atoms with van der Waals surface area (Å²) in [6.07, 6.45) is 1.40. The molecule has 2 aromatic carbocycles. The van der Waals surface area contributed by atoms with E-state index in [2.05, 4.69) is 22.4 Å². The minimum Gasteiger partial charge on any atom is -0.497 e. The number of rotatable bonds is 7. The van der Waals surface area contributed by atoms with Crippen molar-refractivity contribution in [2.75, 3.05) is 33.3 Å². The molecule has 0 saturated carbocycles. The first kappa shape index (κ1) is 23.3. The van der Waals surface area contributed by atoms with Gasteiger partial charge in [-0.15, -0.1) is 23.7 Å². The largest absolute Gasteiger partial charge is 0.497 e. The lowest BCUT2D eigenvalue weighted by atomic mass is 10.1. The van der Waals surface area contributed by atoms with Gasteiger partial charge < -0.3 is 9.64 Å². The Bertz CT molecular complexity index is 954. The molecule has 0 N–H and O–H groups in total. The van der Waals surface area contributed by atoms with Crippen molar-refractivity contribution in [3.8, 4) is 17.0 Å². The molecule has 7 heteroatoms. The van der Waals surface area contributed by atoms with Crippen LogP contribution in [0.2, 0.25) is 0 Å². The summed E-state index contributed by atoms with van der Waals surface area (Å²) >= 11 is 1.70. The van der Waals surface area contributed by atoms with E-state index in [-0.39, 0.29) is 18.3 Å². The highest BCUT2D eigenvalue weighted by atomic mass is 35.5. The summed E-state index contributed by atoms with van der Waals surface area (Å²) in [6, 6.07) is 18.2. The molecule has 1 aliphatic heterocycles. The highest BCUT2D eigenvalue weighted by molar-refractivity contribution is 7.09. The Morgan fingerprint density at radius 2 is 1.74 bits per heavy atom. The first-order chi connectivity index (χ1) is 14.7. The van der Waals surface area contributed by atoms with Crippen molar-refractivity contribution in [1.82, 2.24) is 14.8 Å². The highest BCUT2D eigenvalue weighted by Crippen LogP contribution is 2.25. The average Bonchev–Trinajstić information content (AvgIpc) is 3.27. The monoisotopic (exact) mass is 457 g/mol. The van der Waals surface area contributed by atoms with E-state index >= 15 is 0 Å². The van der Waals surface area contributed by atoms with E-state index in [4.69, 9.17) is 9.72 Å². The molecule has 0 spiro atoms. The molecule has 1 amide bonds. The van der Waals surface area contributed by atoms with Crippen LogP contribution in [-0.4, -0.2) is 54.0 Å². The van der Waals surface area contributed by atoms with E-state index in [0.717, 1.165) is 61.2 Å². The number of aromatic nitrogens is 1. The predicted octanol–water partition coefficient (Wildman–Crippen LogP) is 4.52. The molecule has 31 heavy (non-hydrogen) atoms. The Hall–Kier alpha value is -2.41. The predicted molar refractivity (Wildman–Crippen MR) is 128 cm³/mol. The molecule has 0 bridgehead atoms. The molecule has 0 atom stereocenters. The zero-order chi connectivity index (χ0) is 20.8. The smallest absolute Gasteiger partial charge is 0.222 e. The van der Waals surface area contributed by atoms with Gasteiger partial charge in [0.2, 0.25) is 5.91 Å². The summed E-state index contributed by atoms with van der Waals surface area (Å²) < 4.78 is 5.22. The average molecular weight is 458 g/mol. The Morgan fingerprint density at radius 3 is 2.42 bits per heavy atom. The maximum absolute atomic E-state index is 12.5. The summed E-state index contributed by atoms with van der Waals surface area (Å²) in [5, 5.41) is 3.23. The van der Waals surface area contributed by atoms with Gasteiger partial charge in [-0.05, 0) is 36.2 Å². The maximum atomic E-state index is 12.5. The van der Waals surface area contributed by atoms with Crippen molar-refractivity contribution in [3.63, 3.8) is 0 Å². The van der Waals surface area contributed by atoms with Crippen LogP contribution >= 0.6 is 23.7 Å². The number of hydrogen-bond donors (Lipinski definition) is 0. The van der Waals surface area contributed by atoms with Gasteiger partial charge in [-0.3, -0.25) is 9.69 Å². The van der Waals surface area contributed by atoms with Gasteiger partial charge in [0.1, 0.15) is 10.8 Å². The Labute approximate surface area is 194 Å². The van der Waals surface area contributed by atoms with Crippen LogP contribution in [0.3, 0.4) is 0 Å². The van der Waals surface area contributed by atoms with Crippen LogP contribution in [0, 0.1) is 0 Å². The number of ether oxygens (including phenoxy) is 1. The molecule has 4 rings (SSSR count). The van der Waals surface area contributed by atoms with E-state index in [1.807, 2.05) is 47.4 Å². The molecule has 0 unspecified atom stereocenters. The summed E-state index contributed by atoms with van der Waals surface area (Å²) in [7, 11) is 1.67. The van der Waals surface area contributed by atoms with Crippen molar-refractivity contribution in [3.05, 3.63) is 70.5 Å². The molecule has 164 valence electrons. The molecular weight excluding hydrogens is 430 g/mol. The Kier molecular flexibility index (Phi) is 8.46. The molecule has 0 aliphatic carbocycles. The number of thiazole rings is 1. The van der Waals surface area contributed by atoms with Gasteiger partial charge in [0.15, 0.2) is 0 Å². The van der Waals surface area contributed by atoms with Gasteiger partial charge in [0, 0.05) is 43.5 Å². The number of piperazine rings is 1. The highest BCUT2D eigenvalue weighted by Gasteiger charge is 2.21. The zero-order valence-electron chi connectivity index (χ0n) is 17.7. The quantitative estimate of drug-likeness (QED) is 0.523. The van der Waals surface area contributed by atoms with Crippen LogP contribution in [0.4, 0.5) is 0 Å². The van der Waals surface area contributed by atoms with E-state index in [1.54, 1.807) is 18.4 Å². The molecule has 1 aromatic heterocycles. The number of amides is 1. The third-order valence-corrected chi connectivity index (χ3v) is 6.33. The topological polar surface area (TPSA) is 45.7 Å². The summed E-state index contributed by atoms with van der Waals surface area (Å²) in [4.78, 5) is 21.7. The minimum atomic E-state index is 0. The van der Waals surface area contributed by atoms with Crippen molar-refractivity contribution >= 4 is 29.7 Å². The second-order valence-electron chi connectivity index (χ2n) is 7.50. The molecule has 1 saturated heterocycles. The van der Waals surface area contributed by atoms with E-state index in [9.17, 15) is 4.79 Å². The first-order valence-electron chi connectivity index (χ1n) is 10.3. The van der Waals surface area contributed by atoms with Crippen LogP contribution in [0.1, 0.15) is 17.0 Å². The molecule has 3 aromatic rings. The maximum Gasteiger partial charge on any atom is 0.222 e. The van der Waals surface area contributed by atoms with E-state index in [0.29, 0.717) is 6.42 Å². The van der Waals surface area contributed by atoms with Crippen LogP contribution in [0.15, 0.2) is 60.0 Å². The third-order valence-electron chi connectivity index (χ3n) is 5.49. The van der Waals surface area contributed by atoms with Gasteiger partial charge in [-0.25, -0.2) is 4.98 Å². The summed E-state index contributed by atoms with van der Waals surface area (Å²) in [5.74, 6) is 1.11. The Morgan fingerprint density at radius 1 is 1.03 bits per heavy atom. The van der Waals surface area contributed by atoms with Crippen molar-refractivity contribution in [1.29, 1.82) is 0 Å². The van der Waals surface area contributed by atoms with Gasteiger partial charge >= 0.3 is 0 Å². The number of benzene rings is 2. The molecule has 1 fully saturated rings. The normalized spacial score (nSPS) is 14.2. The lowest BCUT2D eigenvalue weighted by Gasteiger charge is -2.34. The second-order valence-corrected chi connectivity index (χ2v) is 8.44. The lowest BCUT2D eigenvalue weighted by Crippen LogP contribution is -2.48. The minimum absolute atomic E-state index is 0. The molecular formula is C24H28ClN3O2S. The van der Waals surface area contributed by atoms with E-state index in [1.165, 1.54) is 5.56 Å². The van der Waals surface area contributed by atoms with Crippen LogP contribution in [-0.2, 0) is 17.8 Å². The molecule has 2 heterocycles. The molecule has 0 radical (unpaired) electrons. The summed E-state index contributed by atoms with van der Waals surface area (Å²) in [5.41, 5.74) is 3.33. The zero-order valence-corrected chi connectivity index (χ0v) is 19.3. The number of nitrogens with zero attached hydrogens (tertiary/aromatic N) is 3. The summed E-state index contributed by atoms with van der Waals surface area (Å²) in [6.45, 7) is 4.23.